The molecule has 0 radical (unpaired) electrons. The van der Waals surface area contributed by atoms with Crippen molar-refractivity contribution in [2.45, 2.75) is 25.4 Å². The number of aldehydes is 1. The van der Waals surface area contributed by atoms with Crippen LogP contribution in [-0.2, 0) is 25.4 Å². The Bertz CT molecular complexity index is 1840. The maximum Gasteiger partial charge on any atom is 0.330 e. The maximum absolute atomic E-state index is 13.0. The number of carbonyl (C=O) groups is 2. The third-order valence-corrected chi connectivity index (χ3v) is 8.05. The first-order chi connectivity index (χ1) is 21.6. The van der Waals surface area contributed by atoms with E-state index in [0.717, 1.165) is 27.4 Å². The number of halogens is 2. The van der Waals surface area contributed by atoms with Crippen LogP contribution in [0.3, 0.4) is 0 Å². The van der Waals surface area contributed by atoms with E-state index in [1.165, 1.54) is 27.4 Å². The van der Waals surface area contributed by atoms with Gasteiger partial charge in [0.15, 0.2) is 5.82 Å². The molecule has 2 aromatic heterocycles. The molecule has 0 aliphatic heterocycles. The Labute approximate surface area is 269 Å². The van der Waals surface area contributed by atoms with Gasteiger partial charge in [-0.2, -0.15) is 4.98 Å². The number of anilines is 1. The van der Waals surface area contributed by atoms with Crippen LogP contribution in [0.2, 0.25) is 10.0 Å². The van der Waals surface area contributed by atoms with E-state index in [1.807, 2.05) is 7.05 Å². The van der Waals surface area contributed by atoms with Crippen molar-refractivity contribution in [1.29, 1.82) is 0 Å². The number of rotatable bonds is 13. The highest BCUT2D eigenvalue weighted by atomic mass is 35.5. The number of aromatic nitrogens is 4. The van der Waals surface area contributed by atoms with Crippen molar-refractivity contribution in [1.82, 2.24) is 29.7 Å². The second-order valence-corrected chi connectivity index (χ2v) is 10.9. The number of hydrogen-bond acceptors (Lipinski definition) is 9. The molecular weight excluding hydrogens is 621 g/mol. The Hall–Kier alpha value is -4.36. The average Bonchev–Trinajstić information content (AvgIpc) is 3.04. The van der Waals surface area contributed by atoms with E-state index in [1.54, 1.807) is 42.6 Å². The molecule has 45 heavy (non-hydrogen) atoms. The van der Waals surface area contributed by atoms with Crippen molar-refractivity contribution >= 4 is 41.1 Å². The van der Waals surface area contributed by atoms with E-state index in [2.05, 4.69) is 25.9 Å². The molecule has 14 heteroatoms. The highest BCUT2D eigenvalue weighted by Crippen LogP contribution is 2.41. The van der Waals surface area contributed by atoms with Crippen molar-refractivity contribution in [3.63, 3.8) is 0 Å². The van der Waals surface area contributed by atoms with Crippen LogP contribution < -0.4 is 31.9 Å². The van der Waals surface area contributed by atoms with Crippen molar-refractivity contribution in [2.75, 3.05) is 26.0 Å². The summed E-state index contributed by atoms with van der Waals surface area (Å²) in [5.41, 5.74) is 1.13. The van der Waals surface area contributed by atoms with Crippen molar-refractivity contribution in [2.24, 2.45) is 14.1 Å². The normalized spacial score (nSPS) is 11.7. The van der Waals surface area contributed by atoms with Crippen LogP contribution in [0.4, 0.5) is 5.69 Å². The molecular formula is C31H33Cl2N7O5. The first-order valence-corrected chi connectivity index (χ1v) is 14.7. The lowest BCUT2D eigenvalue weighted by Gasteiger charge is -2.17. The molecule has 12 nitrogen and oxygen atoms in total. The lowest BCUT2D eigenvalue weighted by molar-refractivity contribution is -0.108. The Kier molecular flexibility index (Phi) is 11.2. The summed E-state index contributed by atoms with van der Waals surface area (Å²) >= 11 is 13.7. The third kappa shape index (κ3) is 7.48. The highest BCUT2D eigenvalue weighted by molar-refractivity contribution is 6.39. The van der Waals surface area contributed by atoms with Gasteiger partial charge in [0.05, 0.1) is 22.8 Å². The van der Waals surface area contributed by atoms with Gasteiger partial charge in [0, 0.05) is 74.3 Å². The molecule has 0 fully saturated rings. The minimum atomic E-state index is -0.729. The molecule has 236 valence electrons. The highest BCUT2D eigenvalue weighted by Gasteiger charge is 2.20. The summed E-state index contributed by atoms with van der Waals surface area (Å²) < 4.78 is 7.56. The fraction of sp³-hybridized carbons (Fsp3) is 0.290. The van der Waals surface area contributed by atoms with Gasteiger partial charge in [-0.15, -0.1) is 0 Å². The smallest absolute Gasteiger partial charge is 0.330 e. The zero-order valence-electron chi connectivity index (χ0n) is 25.2. The van der Waals surface area contributed by atoms with E-state index < -0.39 is 17.2 Å². The number of aryl methyl sites for hydroxylation is 1. The number of methoxy groups -OCH3 is 1. The van der Waals surface area contributed by atoms with E-state index in [0.29, 0.717) is 52.9 Å². The molecule has 0 aliphatic rings. The van der Waals surface area contributed by atoms with E-state index in [9.17, 15) is 19.2 Å². The predicted octanol–water partition coefficient (Wildman–Crippen LogP) is 3.43. The number of amides is 1. The van der Waals surface area contributed by atoms with Crippen molar-refractivity contribution in [3.8, 4) is 28.4 Å². The number of nitrogens with zero attached hydrogens (tertiary/aromatic N) is 4. The number of ether oxygens (including phenoxy) is 1. The summed E-state index contributed by atoms with van der Waals surface area (Å²) in [7, 11) is 6.13. The molecule has 0 bridgehead atoms. The van der Waals surface area contributed by atoms with E-state index in [4.69, 9.17) is 27.9 Å². The van der Waals surface area contributed by atoms with Gasteiger partial charge in [-0.1, -0.05) is 47.5 Å². The SMILES string of the molecule is CNC(CCC=O)CNCc1cnc(-c2cccc(-c3cccc(NC(=O)c4cn(C)c(=O)n(C)c4=O)c3Cl)c2Cl)nc1OC. The number of nitrogens with one attached hydrogen (secondary N) is 3. The molecule has 1 atom stereocenters. The third-order valence-electron chi connectivity index (χ3n) is 7.23. The van der Waals surface area contributed by atoms with Crippen LogP contribution in [0.1, 0.15) is 28.8 Å². The van der Waals surface area contributed by atoms with Crippen molar-refractivity contribution < 1.29 is 14.3 Å². The van der Waals surface area contributed by atoms with Gasteiger partial charge >= 0.3 is 5.69 Å². The minimum Gasteiger partial charge on any atom is -0.481 e. The molecule has 4 rings (SSSR count). The van der Waals surface area contributed by atoms with E-state index in [-0.39, 0.29) is 22.3 Å². The fourth-order valence-electron chi connectivity index (χ4n) is 4.72. The van der Waals surface area contributed by atoms with Crippen molar-refractivity contribution in [3.05, 3.63) is 90.8 Å². The Morgan fingerprint density at radius 3 is 2.44 bits per heavy atom. The topological polar surface area (TPSA) is 149 Å². The first kappa shape index (κ1) is 33.5. The monoisotopic (exact) mass is 653 g/mol. The minimum absolute atomic E-state index is 0.141. The second kappa shape index (κ2) is 15.1. The summed E-state index contributed by atoms with van der Waals surface area (Å²) in [4.78, 5) is 57.5. The largest absolute Gasteiger partial charge is 0.481 e. The van der Waals surface area contributed by atoms with Gasteiger partial charge in [0.2, 0.25) is 5.88 Å². The summed E-state index contributed by atoms with van der Waals surface area (Å²) in [6.45, 7) is 1.10. The van der Waals surface area contributed by atoms with Crippen LogP contribution in [0.25, 0.3) is 22.5 Å². The Morgan fingerprint density at radius 2 is 1.76 bits per heavy atom. The number of likely N-dealkylation sites (N-methyl/N-ethyl adjacent to an activating group) is 1. The lowest BCUT2D eigenvalue weighted by atomic mass is 10.0. The van der Waals surface area contributed by atoms with Gasteiger partial charge < -0.3 is 30.0 Å². The molecule has 4 aromatic rings. The van der Waals surface area contributed by atoms with Crippen LogP contribution in [0.5, 0.6) is 5.88 Å². The maximum atomic E-state index is 13.0. The second-order valence-electron chi connectivity index (χ2n) is 10.2. The van der Waals surface area contributed by atoms with E-state index >= 15 is 0 Å². The van der Waals surface area contributed by atoms with Gasteiger partial charge in [-0.3, -0.25) is 14.2 Å². The first-order valence-electron chi connectivity index (χ1n) is 14.0. The number of benzene rings is 2. The van der Waals surface area contributed by atoms with Gasteiger partial charge in [0.1, 0.15) is 11.8 Å². The number of carbonyl (C=O) groups excluding carboxylic acids is 2. The summed E-state index contributed by atoms with van der Waals surface area (Å²) in [5, 5.41) is 9.72. The Balaban J connectivity index is 1.60. The van der Waals surface area contributed by atoms with Gasteiger partial charge in [-0.05, 0) is 25.6 Å². The zero-order chi connectivity index (χ0) is 32.7. The molecule has 2 heterocycles. The predicted molar refractivity (Wildman–Crippen MR) is 174 cm³/mol. The van der Waals surface area contributed by atoms with Gasteiger partial charge in [-0.25, -0.2) is 9.78 Å². The summed E-state index contributed by atoms with van der Waals surface area (Å²) in [6, 6.07) is 10.5. The lowest BCUT2D eigenvalue weighted by Crippen LogP contribution is -2.40. The molecule has 1 amide bonds. The summed E-state index contributed by atoms with van der Waals surface area (Å²) in [6.07, 6.45) is 4.97. The molecule has 3 N–H and O–H groups in total. The fourth-order valence-corrected chi connectivity index (χ4v) is 5.31. The molecule has 0 saturated carbocycles. The Morgan fingerprint density at radius 1 is 1.07 bits per heavy atom. The van der Waals surface area contributed by atoms with Crippen LogP contribution in [-0.4, -0.2) is 58.0 Å². The number of hydrogen-bond donors (Lipinski definition) is 3. The molecule has 0 saturated heterocycles. The van der Waals surface area contributed by atoms with Crippen LogP contribution in [0, 0.1) is 0 Å². The standard InChI is InChI=1S/C31H33Cl2N7O5/c1-34-19(8-7-13-41)16-35-14-18-15-36-27(38-29(18)45-4)22-11-5-9-20(25(22)32)21-10-6-12-24(26(21)33)37-28(42)23-17-39(2)31(44)40(3)30(23)43/h5-6,9-13,15,17,19,34-35H,7-8,14,16H2,1-4H3,(H,37,42). The van der Waals surface area contributed by atoms with Crippen LogP contribution >= 0.6 is 23.2 Å². The quantitative estimate of drug-likeness (QED) is 0.184. The average molecular weight is 655 g/mol. The molecule has 0 spiro atoms. The van der Waals surface area contributed by atoms with Crippen LogP contribution in [0.15, 0.2) is 58.4 Å². The van der Waals surface area contributed by atoms with Gasteiger partial charge in [0.25, 0.3) is 11.5 Å². The zero-order valence-corrected chi connectivity index (χ0v) is 26.7. The summed E-state index contributed by atoms with van der Waals surface area (Å²) in [5.74, 6) is 0.00503. The molecule has 2 aromatic carbocycles. The molecule has 1 unspecified atom stereocenters. The molecule has 0 aliphatic carbocycles.